The maximum absolute atomic E-state index is 13.2. The van der Waals surface area contributed by atoms with E-state index in [-0.39, 0.29) is 64.8 Å². The SMILES string of the molecule is C[C@@H](O)C1C(=O)NC1[C@@H](C)C(=O)C[C@H](C)[C@H]1C(=O)N2C(C(=O)O)=C(S[C@@H]3CN[C@H](C(=O)N(C)C)C3)[C@H](C)[C@H]12. The van der Waals surface area contributed by atoms with Crippen molar-refractivity contribution in [3.05, 3.63) is 10.6 Å². The molecule has 4 heterocycles. The molecule has 0 aromatic rings. The zero-order valence-electron chi connectivity index (χ0n) is 22.6. The number of hydrogen-bond acceptors (Lipinski definition) is 8. The molecule has 3 fully saturated rings. The highest BCUT2D eigenvalue weighted by atomic mass is 32.2. The molecule has 12 heteroatoms. The van der Waals surface area contributed by atoms with Gasteiger partial charge in [0.1, 0.15) is 11.5 Å². The smallest absolute Gasteiger partial charge is 0.353 e. The number of aliphatic hydroxyl groups excluding tert-OH is 1. The number of amides is 3. The van der Waals surface area contributed by atoms with E-state index in [9.17, 15) is 34.2 Å². The second-order valence-corrected chi connectivity index (χ2v) is 12.8. The van der Waals surface area contributed by atoms with E-state index >= 15 is 0 Å². The van der Waals surface area contributed by atoms with Crippen molar-refractivity contribution in [2.45, 2.75) is 70.0 Å². The first kappa shape index (κ1) is 28.6. The summed E-state index contributed by atoms with van der Waals surface area (Å²) < 4.78 is 0. The van der Waals surface area contributed by atoms with Crippen molar-refractivity contribution in [2.24, 2.45) is 29.6 Å². The lowest BCUT2D eigenvalue weighted by Crippen LogP contribution is -2.65. The average Bonchev–Trinajstić information content (AvgIpc) is 3.37. The number of thioether (sulfide) groups is 1. The van der Waals surface area contributed by atoms with Crippen LogP contribution in [0.15, 0.2) is 10.6 Å². The van der Waals surface area contributed by atoms with Gasteiger partial charge in [-0.05, 0) is 19.3 Å². The van der Waals surface area contributed by atoms with Gasteiger partial charge in [0, 0.05) is 49.1 Å². The Morgan fingerprint density at radius 2 is 1.82 bits per heavy atom. The Labute approximate surface area is 226 Å². The summed E-state index contributed by atoms with van der Waals surface area (Å²) in [6.45, 7) is 7.59. The minimum absolute atomic E-state index is 0.00218. The number of fused-ring (bicyclic) bond motifs is 1. The van der Waals surface area contributed by atoms with Crippen LogP contribution in [0.4, 0.5) is 0 Å². The molecule has 0 aromatic heterocycles. The zero-order valence-corrected chi connectivity index (χ0v) is 23.4. The number of likely N-dealkylation sites (N-methyl/N-ethyl adjacent to an activating group) is 1. The van der Waals surface area contributed by atoms with Crippen molar-refractivity contribution < 1.29 is 34.2 Å². The molecule has 4 rings (SSSR count). The van der Waals surface area contributed by atoms with Crippen molar-refractivity contribution in [3.63, 3.8) is 0 Å². The fraction of sp³-hybridized carbons (Fsp3) is 0.731. The van der Waals surface area contributed by atoms with Crippen molar-refractivity contribution in [1.82, 2.24) is 20.4 Å². The number of nitrogens with one attached hydrogen (secondary N) is 2. The molecule has 0 aromatic carbocycles. The van der Waals surface area contributed by atoms with Crippen LogP contribution < -0.4 is 10.6 Å². The quantitative estimate of drug-likeness (QED) is 0.276. The van der Waals surface area contributed by atoms with Gasteiger partial charge in [0.05, 0.1) is 36.1 Å². The number of rotatable bonds is 10. The maximum Gasteiger partial charge on any atom is 0.353 e. The monoisotopic (exact) mass is 550 g/mol. The summed E-state index contributed by atoms with van der Waals surface area (Å²) >= 11 is 1.43. The molecule has 3 saturated heterocycles. The van der Waals surface area contributed by atoms with Gasteiger partial charge in [0.25, 0.3) is 0 Å². The molecule has 0 radical (unpaired) electrons. The molecule has 0 saturated carbocycles. The summed E-state index contributed by atoms with van der Waals surface area (Å²) in [6.07, 6.45) is -0.162. The number of aliphatic hydroxyl groups is 1. The van der Waals surface area contributed by atoms with Crippen LogP contribution in [-0.2, 0) is 24.0 Å². The lowest BCUT2D eigenvalue weighted by molar-refractivity contribution is -0.160. The molecule has 11 nitrogen and oxygen atoms in total. The minimum atomic E-state index is -1.15. The number of Topliss-reactive ketones (excluding diaryl/α,β-unsaturated/α-hetero) is 1. The number of nitrogens with zero attached hydrogens (tertiary/aromatic N) is 2. The average molecular weight is 551 g/mol. The van der Waals surface area contributed by atoms with Gasteiger partial charge in [-0.2, -0.15) is 0 Å². The normalized spacial score (nSPS) is 34.6. The summed E-state index contributed by atoms with van der Waals surface area (Å²) in [5.41, 5.74) is 0.0139. The Morgan fingerprint density at radius 1 is 1.16 bits per heavy atom. The predicted molar refractivity (Wildman–Crippen MR) is 139 cm³/mol. The summed E-state index contributed by atoms with van der Waals surface area (Å²) in [5.74, 6) is -3.96. The van der Waals surface area contributed by atoms with Crippen LogP contribution in [-0.4, -0.2) is 99.6 Å². The number of carbonyl (C=O) groups is 5. The first-order valence-corrected chi connectivity index (χ1v) is 14.1. The number of ketones is 1. The highest BCUT2D eigenvalue weighted by Gasteiger charge is 2.60. The van der Waals surface area contributed by atoms with E-state index in [0.717, 1.165) is 0 Å². The standard InChI is InChI=1S/C26H38N4O7S/c1-10(7-16(32)11(2)19-18(13(4)31)23(33)28-19)17-20-12(3)22(21(26(36)37)30(20)25(17)35)38-14-8-15(27-9-14)24(34)29(5)6/h10-15,17-20,27,31H,7-9H2,1-6H3,(H,28,33)(H,36,37)/t10-,11-,12+,13+,14-,15-,17+,18?,19?,20+/m0/s1. The molecule has 4 aliphatic rings. The predicted octanol–water partition coefficient (Wildman–Crippen LogP) is 0.0380. The van der Waals surface area contributed by atoms with Crippen molar-refractivity contribution in [2.75, 3.05) is 20.6 Å². The van der Waals surface area contributed by atoms with Crippen LogP contribution in [0.1, 0.15) is 40.5 Å². The van der Waals surface area contributed by atoms with Crippen LogP contribution in [0.2, 0.25) is 0 Å². The lowest BCUT2D eigenvalue weighted by Gasteiger charge is -2.48. The molecule has 4 aliphatic heterocycles. The Morgan fingerprint density at radius 3 is 2.37 bits per heavy atom. The van der Waals surface area contributed by atoms with Gasteiger partial charge in [-0.15, -0.1) is 11.8 Å². The number of carbonyl (C=O) groups excluding carboxylic acids is 4. The van der Waals surface area contributed by atoms with Gasteiger partial charge < -0.3 is 30.6 Å². The minimum Gasteiger partial charge on any atom is -0.477 e. The second-order valence-electron chi connectivity index (χ2n) is 11.4. The van der Waals surface area contributed by atoms with E-state index in [1.807, 2.05) is 13.8 Å². The molecule has 2 unspecified atom stereocenters. The molecule has 0 spiro atoms. The molecule has 0 aliphatic carbocycles. The van der Waals surface area contributed by atoms with E-state index in [1.54, 1.807) is 21.0 Å². The number of carboxylic acids is 1. The topological polar surface area (TPSA) is 156 Å². The van der Waals surface area contributed by atoms with Crippen molar-refractivity contribution in [1.29, 1.82) is 0 Å². The molecular weight excluding hydrogens is 512 g/mol. The Balaban J connectivity index is 1.42. The molecular formula is C26H38N4O7S. The third kappa shape index (κ3) is 4.75. The van der Waals surface area contributed by atoms with Gasteiger partial charge in [0.2, 0.25) is 17.7 Å². The molecule has 4 N–H and O–H groups in total. The van der Waals surface area contributed by atoms with Gasteiger partial charge in [-0.25, -0.2) is 4.79 Å². The Hall–Kier alpha value is -2.44. The van der Waals surface area contributed by atoms with Gasteiger partial charge in [0.15, 0.2) is 0 Å². The van der Waals surface area contributed by atoms with Crippen LogP contribution in [0.3, 0.4) is 0 Å². The molecule has 210 valence electrons. The number of β-lactam (4-membered cyclic amide) rings is 2. The number of carboxylic acid groups (broad SMARTS) is 1. The van der Waals surface area contributed by atoms with Gasteiger partial charge >= 0.3 is 5.97 Å². The molecule has 38 heavy (non-hydrogen) atoms. The maximum atomic E-state index is 13.2. The van der Waals surface area contributed by atoms with E-state index in [1.165, 1.54) is 28.5 Å². The second kappa shape index (κ2) is 10.6. The zero-order chi connectivity index (χ0) is 28.2. The fourth-order valence-corrected chi connectivity index (χ4v) is 7.92. The van der Waals surface area contributed by atoms with E-state index in [0.29, 0.717) is 17.9 Å². The van der Waals surface area contributed by atoms with E-state index in [4.69, 9.17) is 0 Å². The molecule has 3 amide bonds. The summed E-state index contributed by atoms with van der Waals surface area (Å²) in [5, 5.41) is 25.8. The van der Waals surface area contributed by atoms with Crippen LogP contribution in [0.5, 0.6) is 0 Å². The molecule has 0 bridgehead atoms. The number of aliphatic carboxylic acids is 1. The van der Waals surface area contributed by atoms with Crippen LogP contribution >= 0.6 is 11.8 Å². The van der Waals surface area contributed by atoms with E-state index in [2.05, 4.69) is 10.6 Å². The fourth-order valence-electron chi connectivity index (χ4n) is 6.44. The van der Waals surface area contributed by atoms with Crippen LogP contribution in [0, 0.1) is 29.6 Å². The Kier molecular flexibility index (Phi) is 7.98. The largest absolute Gasteiger partial charge is 0.477 e. The number of hydrogen-bond donors (Lipinski definition) is 4. The highest BCUT2D eigenvalue weighted by molar-refractivity contribution is 8.03. The van der Waals surface area contributed by atoms with Crippen molar-refractivity contribution >= 4 is 41.2 Å². The first-order chi connectivity index (χ1) is 17.8. The van der Waals surface area contributed by atoms with E-state index < -0.39 is 35.9 Å². The summed E-state index contributed by atoms with van der Waals surface area (Å²) in [4.78, 5) is 66.3. The van der Waals surface area contributed by atoms with Gasteiger partial charge in [-0.1, -0.05) is 20.8 Å². The van der Waals surface area contributed by atoms with Gasteiger partial charge in [-0.3, -0.25) is 19.2 Å². The highest BCUT2D eigenvalue weighted by Crippen LogP contribution is 2.53. The van der Waals surface area contributed by atoms with Crippen molar-refractivity contribution in [3.8, 4) is 0 Å². The summed E-state index contributed by atoms with van der Waals surface area (Å²) in [6, 6.07) is -1.09. The third-order valence-electron chi connectivity index (χ3n) is 8.62. The third-order valence-corrected chi connectivity index (χ3v) is 10.1. The molecule has 10 atom stereocenters. The summed E-state index contributed by atoms with van der Waals surface area (Å²) in [7, 11) is 3.40. The first-order valence-electron chi connectivity index (χ1n) is 13.2. The van der Waals surface area contributed by atoms with Crippen LogP contribution in [0.25, 0.3) is 0 Å². The Bertz CT molecular complexity index is 1080. The lowest BCUT2D eigenvalue weighted by atomic mass is 9.71.